The molecule has 2 atom stereocenters. The maximum absolute atomic E-state index is 9.90. The van der Waals surface area contributed by atoms with Crippen LogP contribution in [-0.4, -0.2) is 40.5 Å². The summed E-state index contributed by atoms with van der Waals surface area (Å²) in [6, 6.07) is -1.65. The molecule has 0 aromatic rings. The number of nitrogens with two attached hydrogens (primary N) is 2. The molecule has 1 radical (unpaired) electrons. The number of hydrogen-bond acceptors (Lipinski definition) is 6. The molecule has 127 valence electrons. The molecule has 9 nitrogen and oxygen atoms in total. The van der Waals surface area contributed by atoms with Gasteiger partial charge < -0.3 is 47.7 Å². The van der Waals surface area contributed by atoms with E-state index in [1.54, 1.807) is 27.7 Å². The van der Waals surface area contributed by atoms with Gasteiger partial charge in [0, 0.05) is 12.1 Å². The molecule has 0 spiro atoms. The van der Waals surface area contributed by atoms with E-state index in [4.69, 9.17) is 11.5 Å². The van der Waals surface area contributed by atoms with Crippen molar-refractivity contribution in [2.75, 3.05) is 0 Å². The Morgan fingerprint density at radius 2 is 0.900 bits per heavy atom. The van der Waals surface area contributed by atoms with E-state index in [1.165, 1.54) is 0 Å². The molecule has 0 rings (SSSR count). The van der Waals surface area contributed by atoms with E-state index in [1.807, 2.05) is 0 Å². The molecular formula is C10H26CoN2O7. The molecule has 0 aliphatic rings. The largest absolute Gasteiger partial charge is 2.00 e. The summed E-state index contributed by atoms with van der Waals surface area (Å²) in [7, 11) is 0. The third kappa shape index (κ3) is 19.6. The van der Waals surface area contributed by atoms with Crippen LogP contribution in [0.1, 0.15) is 27.7 Å². The second-order valence-electron chi connectivity index (χ2n) is 4.18. The summed E-state index contributed by atoms with van der Waals surface area (Å²) in [6.45, 7) is 6.95. The van der Waals surface area contributed by atoms with Gasteiger partial charge in [-0.2, -0.15) is 0 Å². The average Bonchev–Trinajstić information content (AvgIpc) is 2.15. The second kappa shape index (κ2) is 18.2. The standard InChI is InChI=1S/2C5H11NO2.Co.3H2O/c2*1-3(2)4(6)5(7)8;;;;/h2*3-4H,6H2,1-2H3,(H,7,8);;3*1H2/q;;+2;;;/p-2. The summed E-state index contributed by atoms with van der Waals surface area (Å²) in [4.78, 5) is 19.8. The van der Waals surface area contributed by atoms with Gasteiger partial charge in [0.05, 0.1) is 11.9 Å². The zero-order valence-electron chi connectivity index (χ0n) is 11.9. The van der Waals surface area contributed by atoms with Gasteiger partial charge in [-0.3, -0.25) is 0 Å². The van der Waals surface area contributed by atoms with Crippen molar-refractivity contribution in [2.45, 2.75) is 39.8 Å². The number of carboxylic acids is 2. The first-order valence-corrected chi connectivity index (χ1v) is 5.04. The van der Waals surface area contributed by atoms with E-state index in [0.29, 0.717) is 0 Å². The summed E-state index contributed by atoms with van der Waals surface area (Å²) in [5.74, 6) is -2.44. The van der Waals surface area contributed by atoms with Gasteiger partial charge in [-0.05, 0) is 11.8 Å². The first-order valence-electron chi connectivity index (χ1n) is 5.04. The minimum absolute atomic E-state index is 0. The molecule has 0 aromatic heterocycles. The summed E-state index contributed by atoms with van der Waals surface area (Å²) in [5.41, 5.74) is 10.2. The molecule has 10 heteroatoms. The van der Waals surface area contributed by atoms with Gasteiger partial charge in [-0.15, -0.1) is 0 Å². The van der Waals surface area contributed by atoms with E-state index in [-0.39, 0.29) is 45.0 Å². The van der Waals surface area contributed by atoms with Crippen LogP contribution < -0.4 is 21.7 Å². The van der Waals surface area contributed by atoms with Crippen molar-refractivity contribution in [1.82, 2.24) is 0 Å². The van der Waals surface area contributed by atoms with E-state index < -0.39 is 24.0 Å². The van der Waals surface area contributed by atoms with Gasteiger partial charge in [0.25, 0.3) is 0 Å². The van der Waals surface area contributed by atoms with Crippen LogP contribution in [0.5, 0.6) is 0 Å². The van der Waals surface area contributed by atoms with Crippen molar-refractivity contribution < 1.29 is 53.0 Å². The molecular weight excluding hydrogens is 319 g/mol. The number of aliphatic carboxylic acids is 2. The van der Waals surface area contributed by atoms with Crippen LogP contribution in [0.15, 0.2) is 0 Å². The first kappa shape index (κ1) is 36.5. The van der Waals surface area contributed by atoms with Crippen LogP contribution in [-0.2, 0) is 26.4 Å². The van der Waals surface area contributed by atoms with E-state index in [0.717, 1.165) is 0 Å². The molecule has 10 N–H and O–H groups in total. The first-order chi connectivity index (χ1) is 7.11. The molecule has 20 heavy (non-hydrogen) atoms. The number of carboxylic acid groups (broad SMARTS) is 2. The summed E-state index contributed by atoms with van der Waals surface area (Å²) in [6.07, 6.45) is 0. The van der Waals surface area contributed by atoms with Crippen LogP contribution in [0.2, 0.25) is 0 Å². The number of hydrogen-bond donors (Lipinski definition) is 2. The fourth-order valence-electron chi connectivity index (χ4n) is 0.544. The third-order valence-corrected chi connectivity index (χ3v) is 1.98. The average molecular weight is 345 g/mol. The van der Waals surface area contributed by atoms with Gasteiger partial charge in [-0.25, -0.2) is 0 Å². The SMILES string of the molecule is CC(C)C(N)C(=O)[O-].CC(C)C(N)C(=O)[O-].O.O.O.[Co+2]. The van der Waals surface area contributed by atoms with Crippen LogP contribution in [0.3, 0.4) is 0 Å². The number of carbonyl (C=O) groups excluding carboxylic acids is 2. The van der Waals surface area contributed by atoms with Crippen molar-refractivity contribution in [3.8, 4) is 0 Å². The van der Waals surface area contributed by atoms with Gasteiger partial charge in [0.15, 0.2) is 0 Å². The van der Waals surface area contributed by atoms with E-state index in [9.17, 15) is 19.8 Å². The Hall–Kier alpha value is -0.754. The van der Waals surface area contributed by atoms with Gasteiger partial charge in [0.2, 0.25) is 0 Å². The Morgan fingerprint density at radius 3 is 0.900 bits per heavy atom. The zero-order chi connectivity index (χ0) is 13.5. The molecule has 2 unspecified atom stereocenters. The third-order valence-electron chi connectivity index (χ3n) is 1.98. The van der Waals surface area contributed by atoms with E-state index >= 15 is 0 Å². The minimum atomic E-state index is -1.18. The van der Waals surface area contributed by atoms with Crippen molar-refractivity contribution >= 4 is 11.9 Å². The molecule has 0 fully saturated rings. The maximum Gasteiger partial charge on any atom is 2.00 e. The molecule has 0 saturated carbocycles. The van der Waals surface area contributed by atoms with Crippen molar-refractivity contribution in [3.63, 3.8) is 0 Å². The van der Waals surface area contributed by atoms with Crippen LogP contribution in [0.4, 0.5) is 0 Å². The molecule has 0 heterocycles. The predicted molar refractivity (Wildman–Crippen MR) is 66.5 cm³/mol. The molecule has 0 aliphatic carbocycles. The van der Waals surface area contributed by atoms with Crippen LogP contribution >= 0.6 is 0 Å². The molecule has 0 saturated heterocycles. The van der Waals surface area contributed by atoms with Crippen molar-refractivity contribution in [2.24, 2.45) is 23.3 Å². The summed E-state index contributed by atoms with van der Waals surface area (Å²) >= 11 is 0. The van der Waals surface area contributed by atoms with Crippen LogP contribution in [0.25, 0.3) is 0 Å². The topological polar surface area (TPSA) is 227 Å². The van der Waals surface area contributed by atoms with Crippen LogP contribution in [0, 0.1) is 11.8 Å². The maximum atomic E-state index is 9.90. The fraction of sp³-hybridized carbons (Fsp3) is 0.800. The Kier molecular flexibility index (Phi) is 33.3. The van der Waals surface area contributed by atoms with Crippen molar-refractivity contribution in [3.05, 3.63) is 0 Å². The monoisotopic (exact) mass is 345 g/mol. The summed E-state index contributed by atoms with van der Waals surface area (Å²) < 4.78 is 0. The van der Waals surface area contributed by atoms with Gasteiger partial charge in [-0.1, -0.05) is 27.7 Å². The molecule has 0 aromatic carbocycles. The molecule has 0 amide bonds. The zero-order valence-corrected chi connectivity index (χ0v) is 13.0. The smallest absolute Gasteiger partial charge is 0.548 e. The minimum Gasteiger partial charge on any atom is -0.548 e. The van der Waals surface area contributed by atoms with E-state index in [2.05, 4.69) is 0 Å². The fourth-order valence-corrected chi connectivity index (χ4v) is 0.544. The number of rotatable bonds is 4. The number of carbonyl (C=O) groups is 2. The quantitative estimate of drug-likeness (QED) is 0.506. The normalized spacial score (nSPS) is 11.2. The summed E-state index contributed by atoms with van der Waals surface area (Å²) in [5, 5.41) is 19.8. The Balaban J connectivity index is -0.0000000408. The second-order valence-corrected chi connectivity index (χ2v) is 4.18. The molecule has 0 aliphatic heterocycles. The molecule has 0 bridgehead atoms. The Bertz CT molecular complexity index is 216. The Labute approximate surface area is 128 Å². The van der Waals surface area contributed by atoms with Gasteiger partial charge >= 0.3 is 16.8 Å². The van der Waals surface area contributed by atoms with Gasteiger partial charge in [0.1, 0.15) is 0 Å². The Morgan fingerprint density at radius 1 is 0.750 bits per heavy atom. The van der Waals surface area contributed by atoms with Crippen molar-refractivity contribution in [1.29, 1.82) is 0 Å². The predicted octanol–water partition coefficient (Wildman–Crippen LogP) is -5.04.